The molecule has 2 aliphatic rings. The van der Waals surface area contributed by atoms with Crippen molar-refractivity contribution in [1.29, 1.82) is 0 Å². The van der Waals surface area contributed by atoms with E-state index in [-0.39, 0.29) is 11.9 Å². The number of nitrogens with zero attached hydrogens (tertiary/aromatic N) is 3. The number of rotatable bonds is 3. The molecule has 132 valence electrons. The Hall–Kier alpha value is -2.50. The van der Waals surface area contributed by atoms with Crippen LogP contribution in [-0.2, 0) is 6.54 Å². The molecule has 1 aromatic carbocycles. The van der Waals surface area contributed by atoms with Crippen LogP contribution in [0.4, 0.5) is 0 Å². The quantitative estimate of drug-likeness (QED) is 0.861. The van der Waals surface area contributed by atoms with Crippen molar-refractivity contribution in [2.24, 2.45) is 0 Å². The monoisotopic (exact) mass is 341 g/mol. The number of fused-ring (bicyclic) bond motifs is 1. The van der Waals surface area contributed by atoms with Crippen LogP contribution < -0.4 is 9.47 Å². The van der Waals surface area contributed by atoms with Gasteiger partial charge in [0.25, 0.3) is 5.91 Å². The third-order valence-corrected chi connectivity index (χ3v) is 4.91. The van der Waals surface area contributed by atoms with E-state index in [4.69, 9.17) is 9.47 Å². The first-order valence-electron chi connectivity index (χ1n) is 8.83. The Bertz CT molecular complexity index is 799. The SMILES string of the molecule is Cc1cc(C)n(C[C@@H]2CCCN2C(=O)c2ccc3c(c2)OCCO3)n1. The third-order valence-electron chi connectivity index (χ3n) is 4.91. The maximum absolute atomic E-state index is 13.0. The summed E-state index contributed by atoms with van der Waals surface area (Å²) in [5, 5.41) is 4.54. The lowest BCUT2D eigenvalue weighted by Gasteiger charge is -2.26. The molecule has 2 aliphatic heterocycles. The fourth-order valence-electron chi connectivity index (χ4n) is 3.69. The molecule has 0 aliphatic carbocycles. The van der Waals surface area contributed by atoms with Crippen LogP contribution in [0.2, 0.25) is 0 Å². The van der Waals surface area contributed by atoms with Crippen molar-refractivity contribution in [1.82, 2.24) is 14.7 Å². The van der Waals surface area contributed by atoms with E-state index in [9.17, 15) is 4.79 Å². The van der Waals surface area contributed by atoms with E-state index in [2.05, 4.69) is 18.1 Å². The molecule has 1 aromatic heterocycles. The highest BCUT2D eigenvalue weighted by molar-refractivity contribution is 5.95. The second kappa shape index (κ2) is 6.43. The molecular formula is C19H23N3O3. The Morgan fingerprint density at radius 1 is 1.20 bits per heavy atom. The van der Waals surface area contributed by atoms with Gasteiger partial charge in [0.1, 0.15) is 13.2 Å². The van der Waals surface area contributed by atoms with Gasteiger partial charge in [0, 0.05) is 17.8 Å². The summed E-state index contributed by atoms with van der Waals surface area (Å²) in [4.78, 5) is 15.0. The number of carbonyl (C=O) groups is 1. The second-order valence-corrected chi connectivity index (χ2v) is 6.76. The highest BCUT2D eigenvalue weighted by Crippen LogP contribution is 2.32. The zero-order valence-electron chi connectivity index (χ0n) is 14.7. The molecule has 1 atom stereocenters. The molecule has 0 unspecified atom stereocenters. The summed E-state index contributed by atoms with van der Waals surface area (Å²) in [6.45, 7) is 6.66. The Morgan fingerprint density at radius 3 is 2.76 bits per heavy atom. The molecule has 0 spiro atoms. The molecule has 0 N–H and O–H groups in total. The topological polar surface area (TPSA) is 56.6 Å². The van der Waals surface area contributed by atoms with Gasteiger partial charge in [-0.3, -0.25) is 9.48 Å². The Labute approximate surface area is 147 Å². The smallest absolute Gasteiger partial charge is 0.254 e. The highest BCUT2D eigenvalue weighted by atomic mass is 16.6. The predicted octanol–water partition coefficient (Wildman–Crippen LogP) is 2.58. The van der Waals surface area contributed by atoms with Crippen molar-refractivity contribution in [3.05, 3.63) is 41.2 Å². The predicted molar refractivity (Wildman–Crippen MR) is 93.2 cm³/mol. The molecule has 3 heterocycles. The lowest BCUT2D eigenvalue weighted by molar-refractivity contribution is 0.0720. The number of amides is 1. The minimum absolute atomic E-state index is 0.0565. The van der Waals surface area contributed by atoms with Crippen LogP contribution in [0.3, 0.4) is 0 Å². The second-order valence-electron chi connectivity index (χ2n) is 6.76. The van der Waals surface area contributed by atoms with E-state index in [1.807, 2.05) is 28.6 Å². The molecule has 0 saturated carbocycles. The van der Waals surface area contributed by atoms with Gasteiger partial charge < -0.3 is 14.4 Å². The van der Waals surface area contributed by atoms with E-state index in [1.54, 1.807) is 6.07 Å². The van der Waals surface area contributed by atoms with Crippen LogP contribution in [0.25, 0.3) is 0 Å². The fraction of sp³-hybridized carbons (Fsp3) is 0.474. The minimum Gasteiger partial charge on any atom is -0.486 e. The standard InChI is InChI=1S/C19H23N3O3/c1-13-10-14(2)22(20-13)12-16-4-3-7-21(16)19(23)15-5-6-17-18(11-15)25-9-8-24-17/h5-6,10-11,16H,3-4,7-9,12H2,1-2H3/t16-/m0/s1. The van der Waals surface area contributed by atoms with Crippen molar-refractivity contribution in [2.45, 2.75) is 39.3 Å². The van der Waals surface area contributed by atoms with Crippen molar-refractivity contribution in [3.63, 3.8) is 0 Å². The number of hydrogen-bond donors (Lipinski definition) is 0. The number of benzene rings is 1. The summed E-state index contributed by atoms with van der Waals surface area (Å²) in [5.41, 5.74) is 2.81. The molecule has 1 fully saturated rings. The first-order chi connectivity index (χ1) is 12.1. The third kappa shape index (κ3) is 3.08. The summed E-state index contributed by atoms with van der Waals surface area (Å²) in [6, 6.07) is 7.71. The molecule has 1 saturated heterocycles. The van der Waals surface area contributed by atoms with Gasteiger partial charge in [0.2, 0.25) is 0 Å². The van der Waals surface area contributed by atoms with Gasteiger partial charge in [0.05, 0.1) is 18.3 Å². The van der Waals surface area contributed by atoms with E-state index < -0.39 is 0 Å². The molecular weight excluding hydrogens is 318 g/mol. The normalized spacial score (nSPS) is 19.3. The van der Waals surface area contributed by atoms with Gasteiger partial charge in [-0.1, -0.05) is 0 Å². The van der Waals surface area contributed by atoms with Gasteiger partial charge in [-0.25, -0.2) is 0 Å². The van der Waals surface area contributed by atoms with Crippen LogP contribution in [0, 0.1) is 13.8 Å². The van der Waals surface area contributed by atoms with Gasteiger partial charge in [-0.15, -0.1) is 0 Å². The Balaban J connectivity index is 1.53. The minimum atomic E-state index is 0.0565. The van der Waals surface area contributed by atoms with E-state index >= 15 is 0 Å². The fourth-order valence-corrected chi connectivity index (χ4v) is 3.69. The number of hydrogen-bond acceptors (Lipinski definition) is 4. The van der Waals surface area contributed by atoms with Gasteiger partial charge in [-0.2, -0.15) is 5.10 Å². The number of aryl methyl sites for hydroxylation is 2. The van der Waals surface area contributed by atoms with E-state index in [1.165, 1.54) is 0 Å². The first kappa shape index (κ1) is 16.0. The number of likely N-dealkylation sites (tertiary alicyclic amines) is 1. The molecule has 4 rings (SSSR count). The molecule has 2 aromatic rings. The van der Waals surface area contributed by atoms with Crippen LogP contribution in [0.5, 0.6) is 11.5 Å². The average Bonchev–Trinajstić information content (AvgIpc) is 3.20. The maximum Gasteiger partial charge on any atom is 0.254 e. The highest BCUT2D eigenvalue weighted by Gasteiger charge is 2.30. The molecule has 6 heteroatoms. The molecule has 0 bridgehead atoms. The zero-order chi connectivity index (χ0) is 17.4. The summed E-state index contributed by atoms with van der Waals surface area (Å²) in [7, 11) is 0. The summed E-state index contributed by atoms with van der Waals surface area (Å²) >= 11 is 0. The first-order valence-corrected chi connectivity index (χ1v) is 8.83. The van der Waals surface area contributed by atoms with Crippen LogP contribution in [-0.4, -0.2) is 46.4 Å². The molecule has 6 nitrogen and oxygen atoms in total. The Morgan fingerprint density at radius 2 is 2.00 bits per heavy atom. The number of ether oxygens (including phenoxy) is 2. The van der Waals surface area contributed by atoms with Crippen LogP contribution in [0.15, 0.2) is 24.3 Å². The van der Waals surface area contributed by atoms with Crippen molar-refractivity contribution in [2.75, 3.05) is 19.8 Å². The Kier molecular flexibility index (Phi) is 4.11. The van der Waals surface area contributed by atoms with E-state index in [0.717, 1.165) is 37.3 Å². The van der Waals surface area contributed by atoms with Crippen LogP contribution in [0.1, 0.15) is 34.6 Å². The largest absolute Gasteiger partial charge is 0.486 e. The lowest BCUT2D eigenvalue weighted by Crippen LogP contribution is -2.38. The van der Waals surface area contributed by atoms with Crippen molar-refractivity contribution >= 4 is 5.91 Å². The molecule has 0 radical (unpaired) electrons. The van der Waals surface area contributed by atoms with Crippen molar-refractivity contribution < 1.29 is 14.3 Å². The molecule has 25 heavy (non-hydrogen) atoms. The zero-order valence-corrected chi connectivity index (χ0v) is 14.7. The summed E-state index contributed by atoms with van der Waals surface area (Å²) in [6.07, 6.45) is 2.04. The van der Waals surface area contributed by atoms with E-state index in [0.29, 0.717) is 30.3 Å². The number of aromatic nitrogens is 2. The van der Waals surface area contributed by atoms with Crippen molar-refractivity contribution in [3.8, 4) is 11.5 Å². The summed E-state index contributed by atoms with van der Waals surface area (Å²) < 4.78 is 13.2. The number of carbonyl (C=O) groups excluding carboxylic acids is 1. The van der Waals surface area contributed by atoms with Gasteiger partial charge in [-0.05, 0) is 51.0 Å². The van der Waals surface area contributed by atoms with Crippen LogP contribution >= 0.6 is 0 Å². The average molecular weight is 341 g/mol. The van der Waals surface area contributed by atoms with Gasteiger partial charge in [0.15, 0.2) is 11.5 Å². The maximum atomic E-state index is 13.0. The lowest BCUT2D eigenvalue weighted by atomic mass is 10.1. The van der Waals surface area contributed by atoms with Gasteiger partial charge >= 0.3 is 0 Å². The molecule has 1 amide bonds. The summed E-state index contributed by atoms with van der Waals surface area (Å²) in [5.74, 6) is 1.43.